The average Bonchev–Trinajstić information content (AvgIpc) is 2.70. The number of nitrogens with zero attached hydrogens (tertiary/aromatic N) is 2. The van der Waals surface area contributed by atoms with E-state index < -0.39 is 5.54 Å². The van der Waals surface area contributed by atoms with Gasteiger partial charge in [0.05, 0.1) is 0 Å². The minimum Gasteiger partial charge on any atom is -0.341 e. The van der Waals surface area contributed by atoms with Gasteiger partial charge in [0.1, 0.15) is 12.1 Å². The third-order valence-corrected chi connectivity index (χ3v) is 5.71. The van der Waals surface area contributed by atoms with E-state index in [4.69, 9.17) is 0 Å². The number of hydrogen-bond donors (Lipinski definition) is 1. The van der Waals surface area contributed by atoms with E-state index in [0.29, 0.717) is 12.8 Å². The largest absolute Gasteiger partial charge is 0.341 e. The van der Waals surface area contributed by atoms with Crippen molar-refractivity contribution < 1.29 is 14.4 Å². The molecule has 3 aliphatic rings. The molecule has 2 heterocycles. The molecule has 3 rings (SSSR count). The number of imide groups is 1. The minimum atomic E-state index is -0.746. The van der Waals surface area contributed by atoms with E-state index in [1.54, 1.807) is 0 Å². The van der Waals surface area contributed by atoms with Crippen LogP contribution in [0.25, 0.3) is 0 Å². The van der Waals surface area contributed by atoms with Crippen LogP contribution in [0.4, 0.5) is 4.79 Å². The van der Waals surface area contributed by atoms with Gasteiger partial charge in [0.15, 0.2) is 0 Å². The highest BCUT2D eigenvalue weighted by Gasteiger charge is 2.51. The van der Waals surface area contributed by atoms with Crippen LogP contribution in [0.5, 0.6) is 0 Å². The van der Waals surface area contributed by atoms with Crippen LogP contribution in [0.15, 0.2) is 0 Å². The van der Waals surface area contributed by atoms with E-state index >= 15 is 0 Å². The Labute approximate surface area is 143 Å². The topological polar surface area (TPSA) is 69.7 Å². The molecule has 0 radical (unpaired) electrons. The lowest BCUT2D eigenvalue weighted by atomic mass is 9.90. The summed E-state index contributed by atoms with van der Waals surface area (Å²) in [6.45, 7) is 1.38. The summed E-state index contributed by atoms with van der Waals surface area (Å²) in [5.41, 5.74) is -0.746. The molecule has 24 heavy (non-hydrogen) atoms. The van der Waals surface area contributed by atoms with E-state index in [0.717, 1.165) is 69.4 Å². The predicted octanol–water partition coefficient (Wildman–Crippen LogP) is 2.42. The molecule has 0 aromatic carbocycles. The van der Waals surface area contributed by atoms with Crippen molar-refractivity contribution in [1.82, 2.24) is 15.1 Å². The Balaban J connectivity index is 1.64. The van der Waals surface area contributed by atoms with Gasteiger partial charge in [-0.1, -0.05) is 44.9 Å². The highest BCUT2D eigenvalue weighted by atomic mass is 16.2. The SMILES string of the molecule is O=C(CN1C(=O)NC2(CCCCCC2)C1=O)N1CCCCCCC1. The number of rotatable bonds is 2. The van der Waals surface area contributed by atoms with Gasteiger partial charge in [0.2, 0.25) is 5.91 Å². The third kappa shape index (κ3) is 3.57. The highest BCUT2D eigenvalue weighted by molar-refractivity contribution is 6.09. The maximum absolute atomic E-state index is 12.9. The lowest BCUT2D eigenvalue weighted by molar-refractivity contribution is -0.139. The zero-order chi connectivity index (χ0) is 17.0. The third-order valence-electron chi connectivity index (χ3n) is 5.71. The first-order valence-electron chi connectivity index (χ1n) is 9.54. The summed E-state index contributed by atoms with van der Waals surface area (Å²) in [5.74, 6) is -0.277. The standard InChI is InChI=1S/C18H29N3O3/c22-15(20-12-8-4-1-5-9-13-20)14-21-16(23)18(19-17(21)24)10-6-2-3-7-11-18/h1-14H2,(H,19,24). The van der Waals surface area contributed by atoms with Crippen LogP contribution in [0, 0.1) is 0 Å². The summed E-state index contributed by atoms with van der Waals surface area (Å²) in [7, 11) is 0. The van der Waals surface area contributed by atoms with Gasteiger partial charge in [-0.25, -0.2) is 4.79 Å². The van der Waals surface area contributed by atoms with Crippen molar-refractivity contribution in [2.45, 2.75) is 76.2 Å². The minimum absolute atomic E-state index is 0.0916. The van der Waals surface area contributed by atoms with Gasteiger partial charge < -0.3 is 10.2 Å². The number of carbonyl (C=O) groups is 3. The molecule has 0 bridgehead atoms. The number of amides is 4. The van der Waals surface area contributed by atoms with Crippen molar-refractivity contribution in [2.24, 2.45) is 0 Å². The van der Waals surface area contributed by atoms with E-state index in [1.807, 2.05) is 4.90 Å². The van der Waals surface area contributed by atoms with E-state index in [-0.39, 0.29) is 24.4 Å². The van der Waals surface area contributed by atoms with Crippen LogP contribution in [0.3, 0.4) is 0 Å². The van der Waals surface area contributed by atoms with Gasteiger partial charge in [-0.2, -0.15) is 0 Å². The lowest BCUT2D eigenvalue weighted by Gasteiger charge is -2.27. The second-order valence-corrected chi connectivity index (χ2v) is 7.47. The predicted molar refractivity (Wildman–Crippen MR) is 90.3 cm³/mol. The molecule has 2 aliphatic heterocycles. The summed E-state index contributed by atoms with van der Waals surface area (Å²) in [4.78, 5) is 40.8. The van der Waals surface area contributed by atoms with Gasteiger partial charge in [-0.05, 0) is 25.7 Å². The molecule has 6 heteroatoms. The lowest BCUT2D eigenvalue weighted by Crippen LogP contribution is -2.47. The molecule has 134 valence electrons. The van der Waals surface area contributed by atoms with Crippen LogP contribution in [-0.4, -0.2) is 52.8 Å². The highest BCUT2D eigenvalue weighted by Crippen LogP contribution is 2.32. The molecule has 1 saturated carbocycles. The number of carbonyl (C=O) groups excluding carboxylic acids is 3. The molecule has 4 amide bonds. The van der Waals surface area contributed by atoms with Crippen molar-refractivity contribution in [3.63, 3.8) is 0 Å². The first kappa shape index (κ1) is 17.2. The second-order valence-electron chi connectivity index (χ2n) is 7.47. The van der Waals surface area contributed by atoms with Crippen LogP contribution in [0.2, 0.25) is 0 Å². The van der Waals surface area contributed by atoms with Crippen molar-refractivity contribution in [1.29, 1.82) is 0 Å². The summed E-state index contributed by atoms with van der Waals surface area (Å²) in [6, 6.07) is -0.387. The smallest absolute Gasteiger partial charge is 0.325 e. The van der Waals surface area contributed by atoms with Gasteiger partial charge in [0, 0.05) is 13.1 Å². The molecular weight excluding hydrogens is 306 g/mol. The number of urea groups is 1. The van der Waals surface area contributed by atoms with Gasteiger partial charge in [-0.15, -0.1) is 0 Å². The van der Waals surface area contributed by atoms with Crippen LogP contribution >= 0.6 is 0 Å². The Hall–Kier alpha value is -1.59. The maximum Gasteiger partial charge on any atom is 0.325 e. The van der Waals surface area contributed by atoms with Gasteiger partial charge >= 0.3 is 6.03 Å². The summed E-state index contributed by atoms with van der Waals surface area (Å²) in [6.07, 6.45) is 11.1. The zero-order valence-electron chi connectivity index (χ0n) is 14.5. The Morgan fingerprint density at radius 3 is 2.04 bits per heavy atom. The molecule has 3 fully saturated rings. The Morgan fingerprint density at radius 1 is 0.875 bits per heavy atom. The van der Waals surface area contributed by atoms with Crippen LogP contribution in [0.1, 0.15) is 70.6 Å². The van der Waals surface area contributed by atoms with Crippen molar-refractivity contribution in [2.75, 3.05) is 19.6 Å². The summed E-state index contributed by atoms with van der Waals surface area (Å²) < 4.78 is 0. The fourth-order valence-electron chi connectivity index (χ4n) is 4.22. The van der Waals surface area contributed by atoms with Gasteiger partial charge in [0.25, 0.3) is 5.91 Å². The first-order chi connectivity index (χ1) is 11.6. The monoisotopic (exact) mass is 335 g/mol. The molecular formula is C18H29N3O3. The van der Waals surface area contributed by atoms with E-state index in [2.05, 4.69) is 5.32 Å². The van der Waals surface area contributed by atoms with Crippen LogP contribution in [-0.2, 0) is 9.59 Å². The number of likely N-dealkylation sites (tertiary alicyclic amines) is 1. The number of hydrogen-bond acceptors (Lipinski definition) is 3. The summed E-state index contributed by atoms with van der Waals surface area (Å²) in [5, 5.41) is 2.91. The molecule has 1 N–H and O–H groups in total. The first-order valence-corrected chi connectivity index (χ1v) is 9.54. The van der Waals surface area contributed by atoms with E-state index in [1.165, 1.54) is 6.42 Å². The fraction of sp³-hybridized carbons (Fsp3) is 0.833. The molecule has 0 aromatic heterocycles. The second kappa shape index (κ2) is 7.53. The Morgan fingerprint density at radius 2 is 1.42 bits per heavy atom. The Kier molecular flexibility index (Phi) is 5.41. The fourth-order valence-corrected chi connectivity index (χ4v) is 4.22. The van der Waals surface area contributed by atoms with Crippen molar-refractivity contribution in [3.05, 3.63) is 0 Å². The zero-order valence-corrected chi connectivity index (χ0v) is 14.5. The summed E-state index contributed by atoms with van der Waals surface area (Å²) >= 11 is 0. The van der Waals surface area contributed by atoms with Crippen molar-refractivity contribution >= 4 is 17.8 Å². The molecule has 2 saturated heterocycles. The molecule has 0 atom stereocenters. The molecule has 6 nitrogen and oxygen atoms in total. The van der Waals surface area contributed by atoms with Crippen LogP contribution < -0.4 is 5.32 Å². The average molecular weight is 335 g/mol. The molecule has 0 unspecified atom stereocenters. The normalized spacial score (nSPS) is 25.2. The van der Waals surface area contributed by atoms with Crippen molar-refractivity contribution in [3.8, 4) is 0 Å². The van der Waals surface area contributed by atoms with E-state index in [9.17, 15) is 14.4 Å². The Bertz CT molecular complexity index is 490. The van der Waals surface area contributed by atoms with Gasteiger partial charge in [-0.3, -0.25) is 14.5 Å². The molecule has 1 spiro atoms. The molecule has 0 aromatic rings. The molecule has 1 aliphatic carbocycles. The maximum atomic E-state index is 12.9. The number of nitrogens with one attached hydrogen (secondary N) is 1. The quantitative estimate of drug-likeness (QED) is 0.788.